The minimum absolute atomic E-state index is 0.0956. The van der Waals surface area contributed by atoms with Crippen LogP contribution >= 0.6 is 24.4 Å². The fraction of sp³-hybridized carbons (Fsp3) is 0.0909. The number of hydrogen-bond acceptors (Lipinski definition) is 3. The van der Waals surface area contributed by atoms with Crippen molar-refractivity contribution in [3.8, 4) is 0 Å². The molecule has 1 N–H and O–H groups in total. The summed E-state index contributed by atoms with van der Waals surface area (Å²) in [5.74, 6) is 0.245. The van der Waals surface area contributed by atoms with Crippen molar-refractivity contribution in [1.29, 1.82) is 0 Å². The zero-order valence-electron chi connectivity index (χ0n) is 8.75. The Morgan fingerprint density at radius 3 is 2.50 bits per heavy atom. The summed E-state index contributed by atoms with van der Waals surface area (Å²) < 4.78 is 42.6. The summed E-state index contributed by atoms with van der Waals surface area (Å²) in [6, 6.07) is 4.85. The van der Waals surface area contributed by atoms with Crippen molar-refractivity contribution in [2.45, 2.75) is 6.18 Å². The molecule has 1 aromatic carbocycles. The van der Waals surface area contributed by atoms with Crippen molar-refractivity contribution < 1.29 is 17.9 Å². The topological polar surface area (TPSA) is 21.3 Å². The van der Waals surface area contributed by atoms with Gasteiger partial charge >= 0.3 is 6.18 Å². The zero-order chi connectivity index (χ0) is 13.3. The number of thiocarbonyl (C=S) groups is 2. The number of halogens is 3. The number of rotatable bonds is 1. The van der Waals surface area contributed by atoms with Gasteiger partial charge in [0.1, 0.15) is 4.99 Å². The molecule has 0 saturated carbocycles. The molecule has 1 aliphatic rings. The van der Waals surface area contributed by atoms with E-state index in [1.54, 1.807) is 0 Å². The molecule has 1 heterocycles. The van der Waals surface area contributed by atoms with E-state index in [2.05, 4.69) is 5.32 Å². The van der Waals surface area contributed by atoms with Gasteiger partial charge in [0.05, 0.1) is 5.56 Å². The Morgan fingerprint density at radius 2 is 1.94 bits per heavy atom. The number of hydrogen-bond donors (Lipinski definition) is 1. The molecule has 1 saturated heterocycles. The molecular weight excluding hydrogens is 283 g/mol. The highest BCUT2D eigenvalue weighted by Crippen LogP contribution is 2.30. The summed E-state index contributed by atoms with van der Waals surface area (Å²) in [6.45, 7) is 0. The van der Waals surface area contributed by atoms with Crippen molar-refractivity contribution in [2.24, 2.45) is 0 Å². The molecule has 0 aromatic heterocycles. The third kappa shape index (κ3) is 2.85. The minimum atomic E-state index is -4.38. The van der Waals surface area contributed by atoms with Gasteiger partial charge in [-0.15, -0.1) is 0 Å². The van der Waals surface area contributed by atoms with E-state index in [4.69, 9.17) is 29.2 Å². The first kappa shape index (κ1) is 13.0. The Morgan fingerprint density at radius 1 is 1.22 bits per heavy atom. The van der Waals surface area contributed by atoms with E-state index in [-0.39, 0.29) is 15.9 Å². The van der Waals surface area contributed by atoms with Crippen molar-refractivity contribution in [1.82, 2.24) is 5.32 Å². The van der Waals surface area contributed by atoms with Gasteiger partial charge in [0.15, 0.2) is 5.76 Å². The van der Waals surface area contributed by atoms with Crippen LogP contribution in [-0.2, 0) is 10.9 Å². The van der Waals surface area contributed by atoms with E-state index < -0.39 is 11.7 Å². The van der Waals surface area contributed by atoms with Crippen molar-refractivity contribution >= 4 is 40.7 Å². The fourth-order valence-electron chi connectivity index (χ4n) is 1.38. The second kappa shape index (κ2) is 4.66. The second-order valence-electron chi connectivity index (χ2n) is 3.48. The van der Waals surface area contributed by atoms with Crippen LogP contribution in [0, 0.1) is 0 Å². The van der Waals surface area contributed by atoms with Gasteiger partial charge in [-0.2, -0.15) is 13.2 Å². The zero-order valence-corrected chi connectivity index (χ0v) is 10.4. The Kier molecular flexibility index (Phi) is 3.36. The maximum absolute atomic E-state index is 12.5. The summed E-state index contributed by atoms with van der Waals surface area (Å²) in [7, 11) is 0. The maximum Gasteiger partial charge on any atom is 0.416 e. The van der Waals surface area contributed by atoms with Gasteiger partial charge in [0, 0.05) is 0 Å². The predicted molar refractivity (Wildman–Crippen MR) is 68.8 cm³/mol. The first-order valence-corrected chi connectivity index (χ1v) is 5.60. The molecule has 0 unspecified atom stereocenters. The van der Waals surface area contributed by atoms with Gasteiger partial charge in [0.2, 0.25) is 0 Å². The standard InChI is InChI=1S/C11H6F3NOS2/c12-11(13,14)7-3-1-2-6(4-7)5-8-9(17)15-10(18)16-8/h1-5H,(H,15,17,18)/b8-5-. The lowest BCUT2D eigenvalue weighted by Crippen LogP contribution is -2.16. The Balaban J connectivity index is 2.33. The van der Waals surface area contributed by atoms with Crippen molar-refractivity contribution in [2.75, 3.05) is 0 Å². The third-order valence-electron chi connectivity index (χ3n) is 2.15. The van der Waals surface area contributed by atoms with Crippen molar-refractivity contribution in [3.05, 3.63) is 41.2 Å². The molecule has 0 radical (unpaired) electrons. The van der Waals surface area contributed by atoms with Gasteiger partial charge in [-0.25, -0.2) is 0 Å². The summed E-state index contributed by atoms with van der Waals surface area (Å²) in [5, 5.41) is 2.68. The lowest BCUT2D eigenvalue weighted by atomic mass is 10.1. The lowest BCUT2D eigenvalue weighted by molar-refractivity contribution is -0.137. The molecular formula is C11H6F3NOS2. The van der Waals surface area contributed by atoms with Crippen LogP contribution in [0.15, 0.2) is 30.0 Å². The van der Waals surface area contributed by atoms with Crippen LogP contribution in [0.3, 0.4) is 0 Å². The molecule has 0 bridgehead atoms. The second-order valence-corrected chi connectivity index (χ2v) is 4.25. The summed E-state index contributed by atoms with van der Waals surface area (Å²) >= 11 is 9.64. The van der Waals surface area contributed by atoms with E-state index in [0.29, 0.717) is 5.56 Å². The SMILES string of the molecule is FC(F)(F)c1cccc(/C=C2\OC(=S)NC2=S)c1. The molecule has 0 atom stereocenters. The van der Waals surface area contributed by atoms with Crippen molar-refractivity contribution in [3.63, 3.8) is 0 Å². The maximum atomic E-state index is 12.5. The molecule has 0 aliphatic carbocycles. The van der Waals surface area contributed by atoms with Gasteiger partial charge in [-0.3, -0.25) is 0 Å². The number of benzene rings is 1. The molecule has 1 aliphatic heterocycles. The Bertz CT molecular complexity index is 551. The largest absolute Gasteiger partial charge is 0.428 e. The molecule has 1 aromatic rings. The van der Waals surface area contributed by atoms with Crippen LogP contribution < -0.4 is 5.32 Å². The highest BCUT2D eigenvalue weighted by atomic mass is 32.1. The average molecular weight is 289 g/mol. The molecule has 94 valence electrons. The monoisotopic (exact) mass is 289 g/mol. The highest BCUT2D eigenvalue weighted by molar-refractivity contribution is 7.82. The van der Waals surface area contributed by atoms with Gasteiger partial charge in [-0.05, 0) is 36.0 Å². The van der Waals surface area contributed by atoms with Crippen LogP contribution in [0.4, 0.5) is 13.2 Å². The molecule has 7 heteroatoms. The molecule has 2 rings (SSSR count). The molecule has 0 spiro atoms. The predicted octanol–water partition coefficient (Wildman–Crippen LogP) is 3.28. The smallest absolute Gasteiger partial charge is 0.416 e. The number of alkyl halides is 3. The molecule has 2 nitrogen and oxygen atoms in total. The summed E-state index contributed by atoms with van der Waals surface area (Å²) in [6.07, 6.45) is -2.97. The lowest BCUT2D eigenvalue weighted by Gasteiger charge is -2.06. The van der Waals surface area contributed by atoms with Gasteiger partial charge in [0.25, 0.3) is 5.17 Å². The van der Waals surface area contributed by atoms with E-state index in [1.807, 2.05) is 0 Å². The van der Waals surface area contributed by atoms with E-state index in [0.717, 1.165) is 12.1 Å². The first-order valence-electron chi connectivity index (χ1n) is 4.78. The molecule has 18 heavy (non-hydrogen) atoms. The normalized spacial score (nSPS) is 17.8. The third-order valence-corrected chi connectivity index (χ3v) is 2.64. The van der Waals surface area contributed by atoms with Crippen LogP contribution in [0.25, 0.3) is 6.08 Å². The van der Waals surface area contributed by atoms with Crippen LogP contribution in [0.5, 0.6) is 0 Å². The average Bonchev–Trinajstić information content (AvgIpc) is 2.56. The number of ether oxygens (including phenoxy) is 1. The number of nitrogens with one attached hydrogen (secondary N) is 1. The van der Waals surface area contributed by atoms with Crippen LogP contribution in [0.1, 0.15) is 11.1 Å². The van der Waals surface area contributed by atoms with E-state index >= 15 is 0 Å². The van der Waals surface area contributed by atoms with Crippen LogP contribution in [0.2, 0.25) is 0 Å². The Hall–Kier alpha value is -1.47. The van der Waals surface area contributed by atoms with Gasteiger partial charge in [-0.1, -0.05) is 24.4 Å². The summed E-state index contributed by atoms with van der Waals surface area (Å²) in [4.78, 5) is 0.261. The summed E-state index contributed by atoms with van der Waals surface area (Å²) in [5.41, 5.74) is -0.384. The minimum Gasteiger partial charge on any atom is -0.428 e. The first-order chi connectivity index (χ1) is 8.36. The molecule has 0 amide bonds. The highest BCUT2D eigenvalue weighted by Gasteiger charge is 2.30. The van der Waals surface area contributed by atoms with Gasteiger partial charge < -0.3 is 10.1 Å². The quantitative estimate of drug-likeness (QED) is 0.632. The fourth-order valence-corrected chi connectivity index (χ4v) is 1.83. The van der Waals surface area contributed by atoms with Crippen LogP contribution in [-0.4, -0.2) is 10.2 Å². The van der Waals surface area contributed by atoms with E-state index in [1.165, 1.54) is 18.2 Å². The van der Waals surface area contributed by atoms with E-state index in [9.17, 15) is 13.2 Å². The molecule has 1 fully saturated rings. The Labute approximate surface area is 111 Å².